The molecule has 0 aromatic heterocycles. The molecule has 0 unspecified atom stereocenters. The number of hydrogen-bond donors (Lipinski definition) is 2. The van der Waals surface area contributed by atoms with E-state index in [9.17, 15) is 9.50 Å². The average molecular weight is 246 g/mol. The summed E-state index contributed by atoms with van der Waals surface area (Å²) < 4.78 is 12.9. The van der Waals surface area contributed by atoms with E-state index in [-0.39, 0.29) is 17.2 Å². The van der Waals surface area contributed by atoms with Gasteiger partial charge in [0.15, 0.2) is 0 Å². The van der Waals surface area contributed by atoms with E-state index in [0.29, 0.717) is 13.0 Å². The van der Waals surface area contributed by atoms with E-state index in [4.69, 9.17) is 11.6 Å². The van der Waals surface area contributed by atoms with Crippen LogP contribution in [-0.2, 0) is 0 Å². The zero-order chi connectivity index (χ0) is 12.1. The molecule has 0 spiro atoms. The maximum atomic E-state index is 12.9. The van der Waals surface area contributed by atoms with Gasteiger partial charge in [-0.3, -0.25) is 0 Å². The molecule has 0 fully saturated rings. The lowest BCUT2D eigenvalue weighted by atomic mass is 10.1. The molecular formula is C12H17ClFNO. The van der Waals surface area contributed by atoms with Crippen molar-refractivity contribution in [3.05, 3.63) is 34.6 Å². The van der Waals surface area contributed by atoms with Crippen molar-refractivity contribution in [2.24, 2.45) is 0 Å². The van der Waals surface area contributed by atoms with Gasteiger partial charge in [0, 0.05) is 12.6 Å². The Morgan fingerprint density at radius 2 is 2.19 bits per heavy atom. The molecule has 2 atom stereocenters. The van der Waals surface area contributed by atoms with E-state index in [1.807, 2.05) is 13.8 Å². The number of hydrogen-bond acceptors (Lipinski definition) is 2. The molecule has 0 radical (unpaired) electrons. The van der Waals surface area contributed by atoms with E-state index < -0.39 is 5.82 Å². The summed E-state index contributed by atoms with van der Waals surface area (Å²) in [5.74, 6) is -0.411. The highest BCUT2D eigenvalue weighted by atomic mass is 35.5. The van der Waals surface area contributed by atoms with E-state index in [1.165, 1.54) is 6.07 Å². The minimum Gasteiger partial charge on any atom is -0.392 e. The molecule has 0 aliphatic rings. The zero-order valence-electron chi connectivity index (χ0n) is 9.50. The van der Waals surface area contributed by atoms with E-state index in [1.54, 1.807) is 12.1 Å². The fourth-order valence-corrected chi connectivity index (χ4v) is 1.55. The van der Waals surface area contributed by atoms with Crippen molar-refractivity contribution in [2.45, 2.75) is 32.4 Å². The fraction of sp³-hybridized carbons (Fsp3) is 0.500. The Labute approximate surface area is 100 Å². The highest BCUT2D eigenvalue weighted by Crippen LogP contribution is 2.20. The molecule has 0 heterocycles. The standard InChI is InChI=1S/C12H17ClFNO/c1-3-10(16)7-15-8(2)9-4-5-12(14)11(13)6-9/h4-6,8,10,15-16H,3,7H2,1-2H3/t8-,10-/m0/s1. The first-order valence-electron chi connectivity index (χ1n) is 5.41. The van der Waals surface area contributed by atoms with Crippen LogP contribution >= 0.6 is 11.6 Å². The summed E-state index contributed by atoms with van der Waals surface area (Å²) in [7, 11) is 0. The summed E-state index contributed by atoms with van der Waals surface area (Å²) in [4.78, 5) is 0. The number of aliphatic hydroxyl groups is 1. The first-order chi connectivity index (χ1) is 7.54. The SMILES string of the molecule is CC[C@H](O)CN[C@@H](C)c1ccc(F)c(Cl)c1. The molecule has 0 amide bonds. The van der Waals surface area contributed by atoms with Crippen molar-refractivity contribution in [1.29, 1.82) is 0 Å². The lowest BCUT2D eigenvalue weighted by molar-refractivity contribution is 0.164. The molecule has 2 nitrogen and oxygen atoms in total. The Bertz CT molecular complexity index is 346. The van der Waals surface area contributed by atoms with Crippen LogP contribution in [0.25, 0.3) is 0 Å². The molecule has 1 rings (SSSR count). The number of rotatable bonds is 5. The third-order valence-corrected chi connectivity index (χ3v) is 2.86. The smallest absolute Gasteiger partial charge is 0.141 e. The number of nitrogens with one attached hydrogen (secondary N) is 1. The second-order valence-corrected chi connectivity index (χ2v) is 4.27. The molecule has 1 aromatic carbocycles. The molecule has 0 bridgehead atoms. The molecule has 1 aromatic rings. The minimum absolute atomic E-state index is 0.0410. The molecule has 90 valence electrons. The Kier molecular flexibility index (Phi) is 5.19. The summed E-state index contributed by atoms with van der Waals surface area (Å²) in [5.41, 5.74) is 0.912. The van der Waals surface area contributed by atoms with Gasteiger partial charge in [-0.1, -0.05) is 24.6 Å². The van der Waals surface area contributed by atoms with E-state index in [2.05, 4.69) is 5.32 Å². The second-order valence-electron chi connectivity index (χ2n) is 3.87. The molecular weight excluding hydrogens is 229 g/mol. The van der Waals surface area contributed by atoms with Gasteiger partial charge in [0.25, 0.3) is 0 Å². The van der Waals surface area contributed by atoms with Gasteiger partial charge < -0.3 is 10.4 Å². The van der Waals surface area contributed by atoms with Gasteiger partial charge in [-0.2, -0.15) is 0 Å². The molecule has 4 heteroatoms. The van der Waals surface area contributed by atoms with Crippen LogP contribution in [0.3, 0.4) is 0 Å². The van der Waals surface area contributed by atoms with Crippen LogP contribution in [0, 0.1) is 5.82 Å². The van der Waals surface area contributed by atoms with Gasteiger partial charge in [0.2, 0.25) is 0 Å². The van der Waals surface area contributed by atoms with Gasteiger partial charge in [0.1, 0.15) is 5.82 Å². The van der Waals surface area contributed by atoms with Crippen molar-refractivity contribution in [1.82, 2.24) is 5.32 Å². The summed E-state index contributed by atoms with van der Waals surface area (Å²) in [6.45, 7) is 4.39. The van der Waals surface area contributed by atoms with Crippen molar-refractivity contribution in [3.63, 3.8) is 0 Å². The average Bonchev–Trinajstić information content (AvgIpc) is 2.29. The summed E-state index contributed by atoms with van der Waals surface area (Å²) in [6.07, 6.45) is 0.363. The monoisotopic (exact) mass is 245 g/mol. The first kappa shape index (κ1) is 13.4. The Morgan fingerprint density at radius 1 is 1.50 bits per heavy atom. The predicted octanol–water partition coefficient (Wildman–Crippen LogP) is 2.90. The maximum absolute atomic E-state index is 12.9. The molecule has 0 saturated heterocycles. The van der Waals surface area contributed by atoms with Gasteiger partial charge in [-0.15, -0.1) is 0 Å². The van der Waals surface area contributed by atoms with Gasteiger partial charge in [-0.05, 0) is 31.0 Å². The minimum atomic E-state index is -0.411. The van der Waals surface area contributed by atoms with Crippen LogP contribution in [0.5, 0.6) is 0 Å². The topological polar surface area (TPSA) is 32.3 Å². The normalized spacial score (nSPS) is 14.8. The molecule has 16 heavy (non-hydrogen) atoms. The summed E-state index contributed by atoms with van der Waals surface area (Å²) in [5, 5.41) is 12.7. The third kappa shape index (κ3) is 3.74. The van der Waals surface area contributed by atoms with E-state index in [0.717, 1.165) is 5.56 Å². The number of halogens is 2. The van der Waals surface area contributed by atoms with Gasteiger partial charge in [-0.25, -0.2) is 4.39 Å². The Morgan fingerprint density at radius 3 is 2.75 bits per heavy atom. The van der Waals surface area contributed by atoms with Gasteiger partial charge >= 0.3 is 0 Å². The van der Waals surface area contributed by atoms with Crippen molar-refractivity contribution in [3.8, 4) is 0 Å². The number of benzene rings is 1. The fourth-order valence-electron chi connectivity index (χ4n) is 1.36. The van der Waals surface area contributed by atoms with Crippen molar-refractivity contribution in [2.75, 3.05) is 6.54 Å². The molecule has 0 aliphatic heterocycles. The maximum Gasteiger partial charge on any atom is 0.141 e. The van der Waals surface area contributed by atoms with Crippen LogP contribution in [-0.4, -0.2) is 17.8 Å². The highest BCUT2D eigenvalue weighted by Gasteiger charge is 2.09. The van der Waals surface area contributed by atoms with Crippen molar-refractivity contribution >= 4 is 11.6 Å². The highest BCUT2D eigenvalue weighted by molar-refractivity contribution is 6.30. The quantitative estimate of drug-likeness (QED) is 0.836. The van der Waals surface area contributed by atoms with Crippen LogP contribution in [0.2, 0.25) is 5.02 Å². The van der Waals surface area contributed by atoms with Crippen LogP contribution in [0.1, 0.15) is 31.9 Å². The predicted molar refractivity (Wildman–Crippen MR) is 64.1 cm³/mol. The third-order valence-electron chi connectivity index (χ3n) is 2.57. The summed E-state index contributed by atoms with van der Waals surface area (Å²) in [6, 6.07) is 4.69. The zero-order valence-corrected chi connectivity index (χ0v) is 10.3. The second kappa shape index (κ2) is 6.18. The molecule has 0 saturated carbocycles. The van der Waals surface area contributed by atoms with Gasteiger partial charge in [0.05, 0.1) is 11.1 Å². The van der Waals surface area contributed by atoms with Crippen LogP contribution < -0.4 is 5.32 Å². The van der Waals surface area contributed by atoms with Crippen molar-refractivity contribution < 1.29 is 9.50 Å². The summed E-state index contributed by atoms with van der Waals surface area (Å²) >= 11 is 5.70. The number of aliphatic hydroxyl groups excluding tert-OH is 1. The molecule has 2 N–H and O–H groups in total. The van der Waals surface area contributed by atoms with Crippen LogP contribution in [0.15, 0.2) is 18.2 Å². The lowest BCUT2D eigenvalue weighted by Gasteiger charge is -2.17. The lowest BCUT2D eigenvalue weighted by Crippen LogP contribution is -2.28. The largest absolute Gasteiger partial charge is 0.392 e. The van der Waals surface area contributed by atoms with Crippen LogP contribution in [0.4, 0.5) is 4.39 Å². The van der Waals surface area contributed by atoms with E-state index >= 15 is 0 Å². The molecule has 0 aliphatic carbocycles. The Balaban J connectivity index is 2.59. The Hall–Kier alpha value is -0.640. The first-order valence-corrected chi connectivity index (χ1v) is 5.78.